The van der Waals surface area contributed by atoms with E-state index in [4.69, 9.17) is 4.74 Å². The van der Waals surface area contributed by atoms with Crippen LogP contribution in [0.4, 0.5) is 0 Å². The van der Waals surface area contributed by atoms with E-state index in [2.05, 4.69) is 0 Å². The molecule has 4 rings (SSSR count). The molecule has 2 aliphatic heterocycles. The van der Waals surface area contributed by atoms with Gasteiger partial charge in [-0.05, 0) is 42.7 Å². The highest BCUT2D eigenvalue weighted by Gasteiger charge is 2.42. The van der Waals surface area contributed by atoms with E-state index >= 15 is 0 Å². The van der Waals surface area contributed by atoms with Crippen molar-refractivity contribution in [1.82, 2.24) is 9.80 Å². The zero-order valence-electron chi connectivity index (χ0n) is 16.2. The van der Waals surface area contributed by atoms with Crippen molar-refractivity contribution in [3.63, 3.8) is 0 Å². The number of benzene rings is 2. The summed E-state index contributed by atoms with van der Waals surface area (Å²) in [6.45, 7) is 2.66. The fourth-order valence-electron chi connectivity index (χ4n) is 4.37. The van der Waals surface area contributed by atoms with Crippen LogP contribution >= 0.6 is 0 Å². The zero-order valence-corrected chi connectivity index (χ0v) is 16.2. The average Bonchev–Trinajstić information content (AvgIpc) is 3.44. The van der Waals surface area contributed by atoms with Gasteiger partial charge in [0.15, 0.2) is 0 Å². The summed E-state index contributed by atoms with van der Waals surface area (Å²) >= 11 is 0. The highest BCUT2D eigenvalue weighted by Crippen LogP contribution is 2.36. The molecule has 2 aromatic carbocycles. The zero-order chi connectivity index (χ0) is 19.5. The van der Waals surface area contributed by atoms with Gasteiger partial charge in [-0.2, -0.15) is 0 Å². The minimum Gasteiger partial charge on any atom is -0.497 e. The largest absolute Gasteiger partial charge is 0.497 e. The molecule has 2 aliphatic rings. The Hall–Kier alpha value is -2.82. The minimum atomic E-state index is -0.210. The molecule has 0 bridgehead atoms. The molecule has 0 aromatic heterocycles. The lowest BCUT2D eigenvalue weighted by atomic mass is 9.88. The molecular weight excluding hydrogens is 352 g/mol. The quantitative estimate of drug-likeness (QED) is 0.821. The van der Waals surface area contributed by atoms with Gasteiger partial charge in [0.25, 0.3) is 5.91 Å². The summed E-state index contributed by atoms with van der Waals surface area (Å²) in [5, 5.41) is 0. The van der Waals surface area contributed by atoms with E-state index in [0.29, 0.717) is 18.7 Å². The van der Waals surface area contributed by atoms with E-state index in [0.717, 1.165) is 37.2 Å². The fraction of sp³-hybridized carbons (Fsp3) is 0.391. The van der Waals surface area contributed by atoms with Gasteiger partial charge in [0.05, 0.1) is 13.0 Å². The second kappa shape index (κ2) is 8.05. The molecule has 0 radical (unpaired) electrons. The standard InChI is InChI=1S/C23H26N2O3/c1-28-19-11-7-10-18(14-19)20-15-25(22(26)17-8-3-2-4-9-17)16-21(20)23(27)24-12-5-6-13-24/h2-4,7-11,14,20-21H,5-6,12-13,15-16H2,1H3. The van der Waals surface area contributed by atoms with Gasteiger partial charge in [0.1, 0.15) is 5.75 Å². The van der Waals surface area contributed by atoms with Gasteiger partial charge >= 0.3 is 0 Å². The van der Waals surface area contributed by atoms with Gasteiger partial charge in [-0.15, -0.1) is 0 Å². The Balaban J connectivity index is 1.62. The average molecular weight is 378 g/mol. The number of carbonyl (C=O) groups is 2. The highest BCUT2D eigenvalue weighted by atomic mass is 16.5. The van der Waals surface area contributed by atoms with Crippen LogP contribution in [0.3, 0.4) is 0 Å². The topological polar surface area (TPSA) is 49.9 Å². The van der Waals surface area contributed by atoms with Crippen LogP contribution in [0.1, 0.15) is 34.7 Å². The SMILES string of the molecule is COc1cccc(C2CN(C(=O)c3ccccc3)CC2C(=O)N2CCCC2)c1. The van der Waals surface area contributed by atoms with Crippen molar-refractivity contribution in [3.05, 3.63) is 65.7 Å². The van der Waals surface area contributed by atoms with Crippen LogP contribution in [0.25, 0.3) is 0 Å². The number of likely N-dealkylation sites (tertiary alicyclic amines) is 2. The molecule has 0 saturated carbocycles. The summed E-state index contributed by atoms with van der Waals surface area (Å²) in [5.41, 5.74) is 1.72. The molecule has 0 spiro atoms. The molecule has 2 atom stereocenters. The summed E-state index contributed by atoms with van der Waals surface area (Å²) in [4.78, 5) is 30.1. The maximum absolute atomic E-state index is 13.2. The fourth-order valence-corrected chi connectivity index (χ4v) is 4.37. The number of methoxy groups -OCH3 is 1. The second-order valence-corrected chi connectivity index (χ2v) is 7.60. The molecule has 2 unspecified atom stereocenters. The molecule has 146 valence electrons. The van der Waals surface area contributed by atoms with E-state index < -0.39 is 0 Å². The van der Waals surface area contributed by atoms with E-state index in [9.17, 15) is 9.59 Å². The molecule has 2 heterocycles. The molecule has 2 aromatic rings. The van der Waals surface area contributed by atoms with Crippen LogP contribution in [0, 0.1) is 5.92 Å². The van der Waals surface area contributed by atoms with Crippen molar-refractivity contribution in [2.24, 2.45) is 5.92 Å². The van der Waals surface area contributed by atoms with Crippen LogP contribution in [0.2, 0.25) is 0 Å². The van der Waals surface area contributed by atoms with Crippen molar-refractivity contribution in [3.8, 4) is 5.75 Å². The third kappa shape index (κ3) is 3.61. The predicted octanol–water partition coefficient (Wildman–Crippen LogP) is 3.17. The van der Waals surface area contributed by atoms with Crippen molar-refractivity contribution in [1.29, 1.82) is 0 Å². The summed E-state index contributed by atoms with van der Waals surface area (Å²) in [5.74, 6) is 0.713. The van der Waals surface area contributed by atoms with Gasteiger partial charge in [-0.1, -0.05) is 30.3 Å². The molecule has 0 N–H and O–H groups in total. The third-order valence-electron chi connectivity index (χ3n) is 5.88. The van der Waals surface area contributed by atoms with E-state index in [1.54, 1.807) is 7.11 Å². The van der Waals surface area contributed by atoms with Crippen LogP contribution in [0.15, 0.2) is 54.6 Å². The van der Waals surface area contributed by atoms with E-state index in [-0.39, 0.29) is 23.7 Å². The second-order valence-electron chi connectivity index (χ2n) is 7.60. The Morgan fingerprint density at radius 2 is 1.68 bits per heavy atom. The Labute approximate surface area is 165 Å². The Kier molecular flexibility index (Phi) is 5.33. The molecule has 2 saturated heterocycles. The number of carbonyl (C=O) groups excluding carboxylic acids is 2. The Bertz CT molecular complexity index is 846. The first-order valence-electron chi connectivity index (χ1n) is 9.94. The summed E-state index contributed by atoms with van der Waals surface area (Å²) in [6.07, 6.45) is 2.13. The minimum absolute atomic E-state index is 0.00906. The molecule has 0 aliphatic carbocycles. The van der Waals surface area contributed by atoms with Crippen LogP contribution in [-0.2, 0) is 4.79 Å². The monoisotopic (exact) mass is 378 g/mol. The van der Waals surface area contributed by atoms with Gasteiger partial charge in [0, 0.05) is 37.7 Å². The van der Waals surface area contributed by atoms with Crippen LogP contribution in [-0.4, -0.2) is 54.9 Å². The van der Waals surface area contributed by atoms with Gasteiger partial charge in [0.2, 0.25) is 5.91 Å². The third-order valence-corrected chi connectivity index (χ3v) is 5.88. The summed E-state index contributed by atoms with van der Waals surface area (Å²) < 4.78 is 5.38. The van der Waals surface area contributed by atoms with Crippen molar-refractivity contribution < 1.29 is 14.3 Å². The molecule has 2 amide bonds. The molecular formula is C23H26N2O3. The Morgan fingerprint density at radius 3 is 2.39 bits per heavy atom. The lowest BCUT2D eigenvalue weighted by Crippen LogP contribution is -2.37. The number of hydrogen-bond donors (Lipinski definition) is 0. The maximum atomic E-state index is 13.2. The lowest BCUT2D eigenvalue weighted by molar-refractivity contribution is -0.134. The first-order valence-corrected chi connectivity index (χ1v) is 9.94. The van der Waals surface area contributed by atoms with Crippen molar-refractivity contribution in [2.45, 2.75) is 18.8 Å². The molecule has 5 heteroatoms. The molecule has 28 heavy (non-hydrogen) atoms. The smallest absolute Gasteiger partial charge is 0.253 e. The van der Waals surface area contributed by atoms with Gasteiger partial charge < -0.3 is 14.5 Å². The summed E-state index contributed by atoms with van der Waals surface area (Å²) in [7, 11) is 1.64. The van der Waals surface area contributed by atoms with Gasteiger partial charge in [-0.3, -0.25) is 9.59 Å². The normalized spacial score (nSPS) is 21.8. The van der Waals surface area contributed by atoms with E-state index in [1.165, 1.54) is 0 Å². The van der Waals surface area contributed by atoms with Crippen LogP contribution in [0.5, 0.6) is 5.75 Å². The number of ether oxygens (including phenoxy) is 1. The predicted molar refractivity (Wildman–Crippen MR) is 107 cm³/mol. The highest BCUT2D eigenvalue weighted by molar-refractivity contribution is 5.95. The first-order chi connectivity index (χ1) is 13.7. The Morgan fingerprint density at radius 1 is 0.929 bits per heavy atom. The number of rotatable bonds is 4. The van der Waals surface area contributed by atoms with E-state index in [1.807, 2.05) is 64.4 Å². The number of nitrogens with zero attached hydrogens (tertiary/aromatic N) is 2. The van der Waals surface area contributed by atoms with Crippen LogP contribution < -0.4 is 4.74 Å². The van der Waals surface area contributed by atoms with Crippen molar-refractivity contribution >= 4 is 11.8 Å². The molecule has 2 fully saturated rings. The lowest BCUT2D eigenvalue weighted by Gasteiger charge is -2.24. The number of hydrogen-bond acceptors (Lipinski definition) is 3. The van der Waals surface area contributed by atoms with Gasteiger partial charge in [-0.25, -0.2) is 0 Å². The maximum Gasteiger partial charge on any atom is 0.253 e. The summed E-state index contributed by atoms with van der Waals surface area (Å²) in [6, 6.07) is 17.2. The number of amides is 2. The first kappa shape index (κ1) is 18.5. The molecule has 5 nitrogen and oxygen atoms in total. The van der Waals surface area contributed by atoms with Crippen molar-refractivity contribution in [2.75, 3.05) is 33.3 Å².